The molecule has 0 amide bonds. The van der Waals surface area contributed by atoms with E-state index < -0.39 is 12.2 Å². The average molecular weight is 256 g/mol. The third kappa shape index (κ3) is 5.52. The standard InChI is InChI=1S/C12H20N2O4/c15-8-11(17)6-14(7-12(18)9-16)5-10-3-1-2-4-13-10/h1-4,11-12,15-18H,5-9H2. The van der Waals surface area contributed by atoms with E-state index >= 15 is 0 Å². The van der Waals surface area contributed by atoms with Gasteiger partial charge in [0, 0.05) is 25.8 Å². The maximum atomic E-state index is 9.44. The summed E-state index contributed by atoms with van der Waals surface area (Å²) >= 11 is 0. The molecule has 18 heavy (non-hydrogen) atoms. The van der Waals surface area contributed by atoms with Crippen LogP contribution in [-0.4, -0.2) is 68.8 Å². The van der Waals surface area contributed by atoms with E-state index in [1.807, 2.05) is 12.1 Å². The van der Waals surface area contributed by atoms with Gasteiger partial charge in [-0.05, 0) is 12.1 Å². The van der Waals surface area contributed by atoms with Crippen LogP contribution in [0.15, 0.2) is 24.4 Å². The van der Waals surface area contributed by atoms with Crippen molar-refractivity contribution in [2.75, 3.05) is 26.3 Å². The number of hydrogen-bond donors (Lipinski definition) is 4. The minimum absolute atomic E-state index is 0.212. The van der Waals surface area contributed by atoms with Crippen LogP contribution in [0.5, 0.6) is 0 Å². The first-order chi connectivity index (χ1) is 8.65. The molecule has 0 bridgehead atoms. The highest BCUT2D eigenvalue weighted by Gasteiger charge is 2.15. The Morgan fingerprint density at radius 3 is 2.11 bits per heavy atom. The highest BCUT2D eigenvalue weighted by Crippen LogP contribution is 2.03. The zero-order valence-electron chi connectivity index (χ0n) is 10.2. The van der Waals surface area contributed by atoms with Gasteiger partial charge in [-0.1, -0.05) is 6.07 Å². The van der Waals surface area contributed by atoms with Gasteiger partial charge in [-0.25, -0.2) is 0 Å². The lowest BCUT2D eigenvalue weighted by molar-refractivity contribution is 0.0200. The molecule has 1 aromatic rings. The second kappa shape index (κ2) is 8.12. The fourth-order valence-electron chi connectivity index (χ4n) is 1.64. The van der Waals surface area contributed by atoms with E-state index in [2.05, 4.69) is 4.98 Å². The maximum Gasteiger partial charge on any atom is 0.0897 e. The van der Waals surface area contributed by atoms with E-state index in [0.29, 0.717) is 6.54 Å². The van der Waals surface area contributed by atoms with Crippen LogP contribution in [0.3, 0.4) is 0 Å². The smallest absolute Gasteiger partial charge is 0.0897 e. The molecule has 6 heteroatoms. The van der Waals surface area contributed by atoms with Gasteiger partial charge >= 0.3 is 0 Å². The molecule has 0 aliphatic heterocycles. The molecule has 0 fully saturated rings. The predicted molar refractivity (Wildman–Crippen MR) is 65.7 cm³/mol. The summed E-state index contributed by atoms with van der Waals surface area (Å²) in [5.74, 6) is 0. The van der Waals surface area contributed by atoms with Gasteiger partial charge in [-0.2, -0.15) is 0 Å². The number of pyridine rings is 1. The Balaban J connectivity index is 2.59. The lowest BCUT2D eigenvalue weighted by Crippen LogP contribution is -2.40. The summed E-state index contributed by atoms with van der Waals surface area (Å²) in [5, 5.41) is 36.5. The molecular weight excluding hydrogens is 236 g/mol. The lowest BCUT2D eigenvalue weighted by atomic mass is 10.2. The van der Waals surface area contributed by atoms with E-state index in [4.69, 9.17) is 10.2 Å². The van der Waals surface area contributed by atoms with Crippen molar-refractivity contribution in [1.82, 2.24) is 9.88 Å². The number of aromatic nitrogens is 1. The van der Waals surface area contributed by atoms with Crippen LogP contribution < -0.4 is 0 Å². The van der Waals surface area contributed by atoms with Gasteiger partial charge in [-0.15, -0.1) is 0 Å². The number of hydrogen-bond acceptors (Lipinski definition) is 6. The van der Waals surface area contributed by atoms with Crippen LogP contribution in [0.4, 0.5) is 0 Å². The van der Waals surface area contributed by atoms with Crippen LogP contribution in [0.1, 0.15) is 5.69 Å². The molecule has 1 aromatic heterocycles. The summed E-state index contributed by atoms with van der Waals surface area (Å²) in [7, 11) is 0. The normalized spacial score (nSPS) is 14.7. The van der Waals surface area contributed by atoms with Crippen molar-refractivity contribution in [1.29, 1.82) is 0 Å². The van der Waals surface area contributed by atoms with Crippen LogP contribution in [0.2, 0.25) is 0 Å². The lowest BCUT2D eigenvalue weighted by Gasteiger charge is -2.25. The molecule has 0 saturated heterocycles. The summed E-state index contributed by atoms with van der Waals surface area (Å²) in [6, 6.07) is 5.49. The van der Waals surface area contributed by atoms with Crippen molar-refractivity contribution in [3.63, 3.8) is 0 Å². The van der Waals surface area contributed by atoms with Crippen LogP contribution in [0.25, 0.3) is 0 Å². The first-order valence-electron chi connectivity index (χ1n) is 5.85. The third-order valence-corrected chi connectivity index (χ3v) is 2.47. The van der Waals surface area contributed by atoms with E-state index in [1.165, 1.54) is 0 Å². The molecule has 2 atom stereocenters. The minimum Gasteiger partial charge on any atom is -0.394 e. The van der Waals surface area contributed by atoms with Crippen LogP contribution >= 0.6 is 0 Å². The second-order valence-corrected chi connectivity index (χ2v) is 4.19. The molecule has 0 saturated carbocycles. The van der Waals surface area contributed by atoms with Gasteiger partial charge in [0.05, 0.1) is 31.1 Å². The second-order valence-electron chi connectivity index (χ2n) is 4.19. The topological polar surface area (TPSA) is 97.1 Å². The van der Waals surface area contributed by atoms with Gasteiger partial charge in [0.2, 0.25) is 0 Å². The summed E-state index contributed by atoms with van der Waals surface area (Å²) in [5.41, 5.74) is 0.799. The number of aliphatic hydroxyl groups is 4. The Bertz CT molecular complexity index is 311. The van der Waals surface area contributed by atoms with Gasteiger partial charge < -0.3 is 20.4 Å². The molecule has 1 heterocycles. The summed E-state index contributed by atoms with van der Waals surface area (Å²) in [6.07, 6.45) is -0.0856. The SMILES string of the molecule is OCC(O)CN(Cc1ccccn1)CC(O)CO. The predicted octanol–water partition coefficient (Wildman–Crippen LogP) is -1.41. The molecule has 2 unspecified atom stereocenters. The van der Waals surface area contributed by atoms with Gasteiger partial charge in [0.1, 0.15) is 0 Å². The van der Waals surface area contributed by atoms with E-state index in [0.717, 1.165) is 5.69 Å². The Morgan fingerprint density at radius 2 is 1.67 bits per heavy atom. The first kappa shape index (κ1) is 15.0. The molecule has 1 rings (SSSR count). The Morgan fingerprint density at radius 1 is 1.06 bits per heavy atom. The van der Waals surface area contributed by atoms with Gasteiger partial charge in [-0.3, -0.25) is 9.88 Å². The number of rotatable bonds is 8. The fraction of sp³-hybridized carbons (Fsp3) is 0.583. The maximum absolute atomic E-state index is 9.44. The molecule has 0 aromatic carbocycles. The van der Waals surface area contributed by atoms with Crippen molar-refractivity contribution in [2.45, 2.75) is 18.8 Å². The van der Waals surface area contributed by atoms with E-state index in [1.54, 1.807) is 17.2 Å². The Kier molecular flexibility index (Phi) is 6.77. The van der Waals surface area contributed by atoms with Gasteiger partial charge in [0.15, 0.2) is 0 Å². The van der Waals surface area contributed by atoms with E-state index in [-0.39, 0.29) is 26.3 Å². The summed E-state index contributed by atoms with van der Waals surface area (Å²) in [6.45, 7) is 0.186. The minimum atomic E-state index is -0.875. The zero-order chi connectivity index (χ0) is 13.4. The Hall–Kier alpha value is -1.05. The highest BCUT2D eigenvalue weighted by atomic mass is 16.3. The van der Waals surface area contributed by atoms with Crippen molar-refractivity contribution < 1.29 is 20.4 Å². The van der Waals surface area contributed by atoms with Gasteiger partial charge in [0.25, 0.3) is 0 Å². The first-order valence-corrected chi connectivity index (χ1v) is 5.85. The average Bonchev–Trinajstić information content (AvgIpc) is 2.39. The van der Waals surface area contributed by atoms with E-state index in [9.17, 15) is 10.2 Å². The van der Waals surface area contributed by atoms with Crippen molar-refractivity contribution in [2.24, 2.45) is 0 Å². The summed E-state index contributed by atoms with van der Waals surface area (Å²) in [4.78, 5) is 5.90. The third-order valence-electron chi connectivity index (χ3n) is 2.47. The molecule has 0 aliphatic carbocycles. The van der Waals surface area contributed by atoms with Crippen LogP contribution in [-0.2, 0) is 6.54 Å². The molecule has 102 valence electrons. The highest BCUT2D eigenvalue weighted by molar-refractivity contribution is 5.03. The largest absolute Gasteiger partial charge is 0.394 e. The van der Waals surface area contributed by atoms with Crippen molar-refractivity contribution in [3.8, 4) is 0 Å². The quantitative estimate of drug-likeness (QED) is 0.456. The monoisotopic (exact) mass is 256 g/mol. The zero-order valence-corrected chi connectivity index (χ0v) is 10.2. The molecule has 4 N–H and O–H groups in total. The summed E-state index contributed by atoms with van der Waals surface area (Å²) < 4.78 is 0. The molecule has 0 spiro atoms. The fourth-order valence-corrected chi connectivity index (χ4v) is 1.64. The molecule has 0 aliphatic rings. The number of nitrogens with zero attached hydrogens (tertiary/aromatic N) is 2. The van der Waals surface area contributed by atoms with Crippen molar-refractivity contribution in [3.05, 3.63) is 30.1 Å². The van der Waals surface area contributed by atoms with Crippen LogP contribution in [0, 0.1) is 0 Å². The Labute approximate surface area is 106 Å². The number of aliphatic hydroxyl groups excluding tert-OH is 4. The molecular formula is C12H20N2O4. The van der Waals surface area contributed by atoms with Crippen molar-refractivity contribution >= 4 is 0 Å². The molecule has 6 nitrogen and oxygen atoms in total. The molecule has 0 radical (unpaired) electrons.